The standard InChI is InChI=1S/C17H24N4O2/c18-10-11-2-1-3-15(11)16(22)19-12-4-6-13(7-5-12)20-17(23)21-14-8-9-14/h4-7,11,14-15H,1-3,8-10,18H2,(H,19,22)(H2,20,21,23)/t11-,15-/m1/s1. The Balaban J connectivity index is 1.52. The number of amides is 3. The van der Waals surface area contributed by atoms with Crippen LogP contribution in [0.5, 0.6) is 0 Å². The summed E-state index contributed by atoms with van der Waals surface area (Å²) in [6.45, 7) is 0.567. The second-order valence-corrected chi connectivity index (χ2v) is 6.47. The molecule has 0 aliphatic heterocycles. The van der Waals surface area contributed by atoms with Gasteiger partial charge >= 0.3 is 6.03 Å². The molecule has 2 fully saturated rings. The molecule has 0 saturated heterocycles. The number of carbonyl (C=O) groups excluding carboxylic acids is 2. The van der Waals surface area contributed by atoms with Crippen molar-refractivity contribution in [1.82, 2.24) is 5.32 Å². The Morgan fingerprint density at radius 1 is 1.00 bits per heavy atom. The topological polar surface area (TPSA) is 96.2 Å². The predicted molar refractivity (Wildman–Crippen MR) is 90.1 cm³/mol. The highest BCUT2D eigenvalue weighted by Gasteiger charge is 2.31. The lowest BCUT2D eigenvalue weighted by Gasteiger charge is -2.17. The number of urea groups is 1. The minimum Gasteiger partial charge on any atom is -0.335 e. The van der Waals surface area contributed by atoms with E-state index in [1.165, 1.54) is 0 Å². The van der Waals surface area contributed by atoms with Crippen LogP contribution in [0.4, 0.5) is 16.2 Å². The number of hydrogen-bond acceptors (Lipinski definition) is 3. The maximum Gasteiger partial charge on any atom is 0.319 e. The van der Waals surface area contributed by atoms with Crippen molar-refractivity contribution in [2.75, 3.05) is 17.2 Å². The first-order valence-corrected chi connectivity index (χ1v) is 8.34. The van der Waals surface area contributed by atoms with E-state index >= 15 is 0 Å². The van der Waals surface area contributed by atoms with Gasteiger partial charge in [-0.2, -0.15) is 0 Å². The largest absolute Gasteiger partial charge is 0.335 e. The Kier molecular flexibility index (Phi) is 4.81. The fourth-order valence-corrected chi connectivity index (χ4v) is 3.12. The highest BCUT2D eigenvalue weighted by atomic mass is 16.2. The summed E-state index contributed by atoms with van der Waals surface area (Å²) >= 11 is 0. The number of nitrogens with one attached hydrogen (secondary N) is 3. The highest BCUT2D eigenvalue weighted by Crippen LogP contribution is 2.32. The van der Waals surface area contributed by atoms with Crippen LogP contribution in [0.3, 0.4) is 0 Å². The van der Waals surface area contributed by atoms with Gasteiger partial charge in [0, 0.05) is 23.3 Å². The zero-order chi connectivity index (χ0) is 16.2. The molecule has 5 N–H and O–H groups in total. The summed E-state index contributed by atoms with van der Waals surface area (Å²) < 4.78 is 0. The van der Waals surface area contributed by atoms with Gasteiger partial charge in [0.1, 0.15) is 0 Å². The zero-order valence-corrected chi connectivity index (χ0v) is 13.2. The number of rotatable bonds is 5. The normalized spacial score (nSPS) is 23.3. The van der Waals surface area contributed by atoms with Crippen LogP contribution in [0.25, 0.3) is 0 Å². The summed E-state index contributed by atoms with van der Waals surface area (Å²) in [5.41, 5.74) is 7.19. The van der Waals surface area contributed by atoms with Gasteiger partial charge in [-0.3, -0.25) is 4.79 Å². The summed E-state index contributed by atoms with van der Waals surface area (Å²) in [7, 11) is 0. The number of hydrogen-bond donors (Lipinski definition) is 4. The lowest BCUT2D eigenvalue weighted by molar-refractivity contribution is -0.120. The Morgan fingerprint density at radius 3 is 2.26 bits per heavy atom. The van der Waals surface area contributed by atoms with Crippen LogP contribution in [-0.2, 0) is 4.79 Å². The summed E-state index contributed by atoms with van der Waals surface area (Å²) in [5.74, 6) is 0.356. The van der Waals surface area contributed by atoms with Crippen molar-refractivity contribution in [2.24, 2.45) is 17.6 Å². The molecule has 0 heterocycles. The molecule has 2 aliphatic carbocycles. The molecule has 6 heteroatoms. The molecule has 0 spiro atoms. The molecule has 1 aromatic rings. The molecule has 2 aliphatic rings. The first-order chi connectivity index (χ1) is 11.2. The van der Waals surface area contributed by atoms with Crippen molar-refractivity contribution >= 4 is 23.3 Å². The number of nitrogens with two attached hydrogens (primary N) is 1. The summed E-state index contributed by atoms with van der Waals surface area (Å²) in [6.07, 6.45) is 5.13. The molecule has 2 saturated carbocycles. The molecular formula is C17H24N4O2. The fourth-order valence-electron chi connectivity index (χ4n) is 3.12. The summed E-state index contributed by atoms with van der Waals surface area (Å²) in [4.78, 5) is 24.0. The number of anilines is 2. The van der Waals surface area contributed by atoms with Gasteiger partial charge in [0.2, 0.25) is 5.91 Å². The second kappa shape index (κ2) is 7.00. The SMILES string of the molecule is NC[C@H]1CCC[C@H]1C(=O)Nc1ccc(NC(=O)NC2CC2)cc1. The molecule has 1 aromatic carbocycles. The van der Waals surface area contributed by atoms with Crippen molar-refractivity contribution < 1.29 is 9.59 Å². The van der Waals surface area contributed by atoms with E-state index < -0.39 is 0 Å². The van der Waals surface area contributed by atoms with Gasteiger partial charge in [0.05, 0.1) is 0 Å². The van der Waals surface area contributed by atoms with Gasteiger partial charge in [-0.1, -0.05) is 6.42 Å². The lowest BCUT2D eigenvalue weighted by atomic mass is 9.95. The molecule has 3 rings (SSSR count). The molecule has 2 atom stereocenters. The van der Waals surface area contributed by atoms with Crippen molar-refractivity contribution in [1.29, 1.82) is 0 Å². The minimum atomic E-state index is -0.180. The van der Waals surface area contributed by atoms with E-state index in [0.29, 0.717) is 24.2 Å². The van der Waals surface area contributed by atoms with Crippen LogP contribution in [0.15, 0.2) is 24.3 Å². The molecular weight excluding hydrogens is 292 g/mol. The average Bonchev–Trinajstić information content (AvgIpc) is 3.21. The van der Waals surface area contributed by atoms with Gasteiger partial charge < -0.3 is 21.7 Å². The Morgan fingerprint density at radius 2 is 1.65 bits per heavy atom. The van der Waals surface area contributed by atoms with Crippen LogP contribution in [-0.4, -0.2) is 24.5 Å². The van der Waals surface area contributed by atoms with E-state index in [1.807, 2.05) is 0 Å². The maximum atomic E-state index is 12.3. The monoisotopic (exact) mass is 316 g/mol. The summed E-state index contributed by atoms with van der Waals surface area (Å²) in [6, 6.07) is 7.33. The molecule has 23 heavy (non-hydrogen) atoms. The third kappa shape index (κ3) is 4.22. The van der Waals surface area contributed by atoms with Gasteiger partial charge in [-0.25, -0.2) is 4.79 Å². The van der Waals surface area contributed by atoms with Crippen molar-refractivity contribution in [3.05, 3.63) is 24.3 Å². The maximum absolute atomic E-state index is 12.3. The molecule has 3 amide bonds. The van der Waals surface area contributed by atoms with Crippen LogP contribution in [0.1, 0.15) is 32.1 Å². The molecule has 0 bridgehead atoms. The van der Waals surface area contributed by atoms with Gasteiger partial charge in [0.15, 0.2) is 0 Å². The first kappa shape index (κ1) is 15.8. The molecule has 6 nitrogen and oxygen atoms in total. The molecule has 0 unspecified atom stereocenters. The minimum absolute atomic E-state index is 0.0159. The van der Waals surface area contributed by atoms with Crippen LogP contribution in [0.2, 0.25) is 0 Å². The third-order valence-electron chi connectivity index (χ3n) is 4.62. The lowest BCUT2D eigenvalue weighted by Crippen LogP contribution is -2.30. The number of benzene rings is 1. The number of carbonyl (C=O) groups is 2. The van der Waals surface area contributed by atoms with Crippen LogP contribution < -0.4 is 21.7 Å². The Bertz CT molecular complexity index is 568. The van der Waals surface area contributed by atoms with E-state index in [1.54, 1.807) is 24.3 Å². The molecule has 0 aromatic heterocycles. The predicted octanol–water partition coefficient (Wildman–Crippen LogP) is 2.28. The molecule has 0 radical (unpaired) electrons. The van der Waals surface area contributed by atoms with E-state index in [2.05, 4.69) is 16.0 Å². The van der Waals surface area contributed by atoms with E-state index in [4.69, 9.17) is 5.73 Å². The van der Waals surface area contributed by atoms with Gasteiger partial charge in [-0.15, -0.1) is 0 Å². The second-order valence-electron chi connectivity index (χ2n) is 6.47. The summed E-state index contributed by atoms with van der Waals surface area (Å²) in [5, 5.41) is 8.60. The average molecular weight is 316 g/mol. The van der Waals surface area contributed by atoms with E-state index in [0.717, 1.165) is 37.8 Å². The van der Waals surface area contributed by atoms with Crippen molar-refractivity contribution in [3.8, 4) is 0 Å². The first-order valence-electron chi connectivity index (χ1n) is 8.34. The third-order valence-corrected chi connectivity index (χ3v) is 4.62. The van der Waals surface area contributed by atoms with Gasteiger partial charge in [0.25, 0.3) is 0 Å². The smallest absolute Gasteiger partial charge is 0.319 e. The van der Waals surface area contributed by atoms with Crippen molar-refractivity contribution in [2.45, 2.75) is 38.1 Å². The zero-order valence-electron chi connectivity index (χ0n) is 13.2. The van der Waals surface area contributed by atoms with Gasteiger partial charge in [-0.05, 0) is 62.4 Å². The Hall–Kier alpha value is -2.08. The highest BCUT2D eigenvalue weighted by molar-refractivity contribution is 5.94. The van der Waals surface area contributed by atoms with Crippen LogP contribution >= 0.6 is 0 Å². The van der Waals surface area contributed by atoms with E-state index in [-0.39, 0.29) is 17.9 Å². The van der Waals surface area contributed by atoms with E-state index in [9.17, 15) is 9.59 Å². The van der Waals surface area contributed by atoms with Crippen LogP contribution in [0, 0.1) is 11.8 Å². The fraction of sp³-hybridized carbons (Fsp3) is 0.529. The van der Waals surface area contributed by atoms with Crippen molar-refractivity contribution in [3.63, 3.8) is 0 Å². The molecule has 124 valence electrons. The Labute approximate surface area is 136 Å². The quantitative estimate of drug-likeness (QED) is 0.671.